The maximum absolute atomic E-state index is 11.9. The molecule has 0 amide bonds. The lowest BCUT2D eigenvalue weighted by molar-refractivity contribution is -0.113. The van der Waals surface area contributed by atoms with Gasteiger partial charge in [-0.2, -0.15) is 0 Å². The summed E-state index contributed by atoms with van der Waals surface area (Å²) in [5.74, 6) is 0.0459. The van der Waals surface area contributed by atoms with Crippen LogP contribution in [0.3, 0.4) is 0 Å². The van der Waals surface area contributed by atoms with E-state index in [1.807, 2.05) is 0 Å². The highest BCUT2D eigenvalue weighted by molar-refractivity contribution is 7.54. The van der Waals surface area contributed by atoms with Crippen molar-refractivity contribution in [3.05, 3.63) is 12.2 Å². The first-order valence-electron chi connectivity index (χ1n) is 11.8. The van der Waals surface area contributed by atoms with E-state index in [2.05, 4.69) is 19.1 Å². The van der Waals surface area contributed by atoms with Crippen LogP contribution in [0, 0.1) is 5.92 Å². The molecule has 1 N–H and O–H groups in total. The van der Waals surface area contributed by atoms with Crippen LogP contribution in [0.2, 0.25) is 0 Å². The predicted molar refractivity (Wildman–Crippen MR) is 120 cm³/mol. The third-order valence-electron chi connectivity index (χ3n) is 5.50. The summed E-state index contributed by atoms with van der Waals surface area (Å²) < 4.78 is 27.5. The molecule has 1 saturated heterocycles. The summed E-state index contributed by atoms with van der Waals surface area (Å²) in [5, 5.41) is 9.93. The molecule has 0 radical (unpaired) electrons. The Hall–Kier alpha value is -0.190. The first-order chi connectivity index (χ1) is 14.1. The lowest BCUT2D eigenvalue weighted by Gasteiger charge is -2.14. The number of allylic oxidation sites excluding steroid dienone is 2. The van der Waals surface area contributed by atoms with Crippen LogP contribution in [0.5, 0.6) is 0 Å². The fourth-order valence-electron chi connectivity index (χ4n) is 3.59. The zero-order chi connectivity index (χ0) is 21.2. The molecule has 0 spiro atoms. The van der Waals surface area contributed by atoms with Crippen LogP contribution in [-0.2, 0) is 18.3 Å². The zero-order valence-corrected chi connectivity index (χ0v) is 19.8. The molecule has 0 bridgehead atoms. The second kappa shape index (κ2) is 17.5. The van der Waals surface area contributed by atoms with Gasteiger partial charge >= 0.3 is 7.60 Å². The molecule has 1 fully saturated rings. The maximum Gasteiger partial charge on any atom is 0.330 e. The number of aliphatic hydroxyl groups is 1. The molecule has 0 aromatic rings. The third-order valence-corrected chi connectivity index (χ3v) is 7.57. The van der Waals surface area contributed by atoms with Crippen LogP contribution in [0.4, 0.5) is 0 Å². The fourth-order valence-corrected chi connectivity index (χ4v) is 5.23. The quantitative estimate of drug-likeness (QED) is 0.105. The number of ether oxygens (including phenoxy) is 1. The van der Waals surface area contributed by atoms with Crippen molar-refractivity contribution in [1.29, 1.82) is 0 Å². The molecule has 0 aliphatic carbocycles. The molecule has 1 heterocycles. The Balaban J connectivity index is 1.83. The summed E-state index contributed by atoms with van der Waals surface area (Å²) in [7, 11) is -1.48. The number of hydrogen-bond donors (Lipinski definition) is 1. The van der Waals surface area contributed by atoms with Crippen molar-refractivity contribution in [1.82, 2.24) is 0 Å². The molecule has 5 nitrogen and oxygen atoms in total. The van der Waals surface area contributed by atoms with Crippen molar-refractivity contribution in [3.63, 3.8) is 0 Å². The van der Waals surface area contributed by atoms with Gasteiger partial charge in [-0.1, -0.05) is 70.4 Å². The van der Waals surface area contributed by atoms with E-state index in [1.54, 1.807) is 0 Å². The van der Waals surface area contributed by atoms with Gasteiger partial charge in [0.15, 0.2) is 6.29 Å². The van der Waals surface area contributed by atoms with Gasteiger partial charge in [0.25, 0.3) is 0 Å². The van der Waals surface area contributed by atoms with E-state index in [9.17, 15) is 9.67 Å². The Morgan fingerprint density at radius 3 is 2.17 bits per heavy atom. The van der Waals surface area contributed by atoms with Gasteiger partial charge in [0.1, 0.15) is 0 Å². The summed E-state index contributed by atoms with van der Waals surface area (Å²) >= 11 is 0. The largest absolute Gasteiger partial charge is 0.368 e. The smallest absolute Gasteiger partial charge is 0.330 e. The highest BCUT2D eigenvalue weighted by Gasteiger charge is 2.36. The molecule has 1 aliphatic heterocycles. The number of hydrogen-bond acceptors (Lipinski definition) is 5. The molecule has 0 aromatic carbocycles. The Labute approximate surface area is 179 Å². The second-order valence-corrected chi connectivity index (χ2v) is 10.5. The van der Waals surface area contributed by atoms with Crippen LogP contribution < -0.4 is 0 Å². The molecule has 0 aromatic heterocycles. The summed E-state index contributed by atoms with van der Waals surface area (Å²) in [5.41, 5.74) is 0. The Morgan fingerprint density at radius 1 is 1.00 bits per heavy atom. The average Bonchev–Trinajstić information content (AvgIpc) is 3.11. The normalized spacial score (nSPS) is 23.2. The summed E-state index contributed by atoms with van der Waals surface area (Å²) in [6.45, 7) is 3.02. The minimum Gasteiger partial charge on any atom is -0.368 e. The molecule has 2 unspecified atom stereocenters. The van der Waals surface area contributed by atoms with Gasteiger partial charge < -0.3 is 18.9 Å². The van der Waals surface area contributed by atoms with Gasteiger partial charge in [-0.15, -0.1) is 0 Å². The minimum absolute atomic E-state index is 0.0459. The van der Waals surface area contributed by atoms with Crippen molar-refractivity contribution in [2.45, 2.75) is 103 Å². The summed E-state index contributed by atoms with van der Waals surface area (Å²) in [4.78, 5) is 0. The second-order valence-electron chi connectivity index (χ2n) is 8.30. The monoisotopic (exact) mass is 432 g/mol. The topological polar surface area (TPSA) is 65.0 Å². The van der Waals surface area contributed by atoms with Crippen molar-refractivity contribution in [3.8, 4) is 0 Å². The van der Waals surface area contributed by atoms with E-state index in [0.29, 0.717) is 25.8 Å². The highest BCUT2D eigenvalue weighted by Crippen LogP contribution is 2.53. The van der Waals surface area contributed by atoms with Gasteiger partial charge in [-0.25, -0.2) is 0 Å². The van der Waals surface area contributed by atoms with Gasteiger partial charge in [0, 0.05) is 13.0 Å². The summed E-state index contributed by atoms with van der Waals surface area (Å²) in [6, 6.07) is 0. The van der Waals surface area contributed by atoms with E-state index >= 15 is 0 Å². The van der Waals surface area contributed by atoms with Crippen LogP contribution in [0.15, 0.2) is 12.2 Å². The van der Waals surface area contributed by atoms with Crippen molar-refractivity contribution >= 4 is 7.60 Å². The third kappa shape index (κ3) is 14.4. The minimum atomic E-state index is -2.89. The molecule has 29 heavy (non-hydrogen) atoms. The molecule has 172 valence electrons. The van der Waals surface area contributed by atoms with E-state index in [0.717, 1.165) is 12.8 Å². The van der Waals surface area contributed by atoms with E-state index in [-0.39, 0.29) is 5.92 Å². The molecular formula is C23H45O5P. The maximum atomic E-state index is 11.9. The first-order valence-corrected chi connectivity index (χ1v) is 13.6. The van der Waals surface area contributed by atoms with E-state index in [4.69, 9.17) is 13.8 Å². The van der Waals surface area contributed by atoms with Crippen molar-refractivity contribution < 1.29 is 23.5 Å². The van der Waals surface area contributed by atoms with Gasteiger partial charge in [0.2, 0.25) is 0 Å². The van der Waals surface area contributed by atoms with Crippen LogP contribution in [0.25, 0.3) is 0 Å². The first kappa shape index (κ1) is 26.8. The fraction of sp³-hybridized carbons (Fsp3) is 0.913. The van der Waals surface area contributed by atoms with Gasteiger partial charge in [0.05, 0.1) is 19.4 Å². The van der Waals surface area contributed by atoms with Gasteiger partial charge in [-0.05, 0) is 38.5 Å². The number of aliphatic hydroxyl groups excluding tert-OH is 1. The van der Waals surface area contributed by atoms with Gasteiger partial charge in [-0.3, -0.25) is 4.57 Å². The lowest BCUT2D eigenvalue weighted by atomic mass is 10.1. The summed E-state index contributed by atoms with van der Waals surface area (Å²) in [6.07, 6.45) is 21.5. The van der Waals surface area contributed by atoms with Crippen LogP contribution >= 0.6 is 7.60 Å². The Morgan fingerprint density at radius 2 is 1.59 bits per heavy atom. The standard InChI is InChI=1S/C23H45O5P/c1-3-4-5-6-7-8-9-10-11-12-13-14-15-16-17-18-23(24)27-19-22-20-28-29(25,21-22)26-2/h10-11,22-24H,3-9,12-21H2,1-2H3/b11-10-/t22?,23-,29?/m0/s1. The average molecular weight is 433 g/mol. The number of rotatable bonds is 19. The molecule has 1 aliphatic rings. The molecule has 0 saturated carbocycles. The van der Waals surface area contributed by atoms with Crippen molar-refractivity contribution in [2.75, 3.05) is 26.5 Å². The van der Waals surface area contributed by atoms with Crippen LogP contribution in [-0.4, -0.2) is 37.9 Å². The molecule has 1 rings (SSSR count). The van der Waals surface area contributed by atoms with E-state index in [1.165, 1.54) is 77.7 Å². The Kier molecular flexibility index (Phi) is 16.2. The molecule has 3 atom stereocenters. The highest BCUT2D eigenvalue weighted by atomic mass is 31.2. The predicted octanol–water partition coefficient (Wildman–Crippen LogP) is 6.84. The molecular weight excluding hydrogens is 387 g/mol. The van der Waals surface area contributed by atoms with Crippen LogP contribution in [0.1, 0.15) is 96.8 Å². The SMILES string of the molecule is CCCCCCCC/C=C\CCCCCCC[C@@H](O)OCC1COP(=O)(OC)C1. The zero-order valence-electron chi connectivity index (χ0n) is 18.9. The number of unbranched alkanes of at least 4 members (excludes halogenated alkanes) is 11. The van der Waals surface area contributed by atoms with Crippen molar-refractivity contribution in [2.24, 2.45) is 5.92 Å². The molecule has 6 heteroatoms. The lowest BCUT2D eigenvalue weighted by Crippen LogP contribution is -2.19. The Bertz CT molecular complexity index is 455. The van der Waals surface area contributed by atoms with E-state index < -0.39 is 13.9 Å².